The number of pyridine rings is 1. The molecule has 2 aromatic carbocycles. The van der Waals surface area contributed by atoms with Gasteiger partial charge in [0.15, 0.2) is 0 Å². The summed E-state index contributed by atoms with van der Waals surface area (Å²) in [5.74, 6) is -2.50. The zero-order valence-electron chi connectivity index (χ0n) is 21.0. The molecule has 0 atom stereocenters. The van der Waals surface area contributed by atoms with Crippen molar-refractivity contribution in [2.45, 2.75) is 44.7 Å². The highest BCUT2D eigenvalue weighted by atomic mass is 19.1. The highest BCUT2D eigenvalue weighted by molar-refractivity contribution is 6.10. The highest BCUT2D eigenvalue weighted by Crippen LogP contribution is 2.31. The maximum Gasteiger partial charge on any atom is 0.335 e. The number of aromatic amines is 1. The molecule has 4 N–H and O–H groups in total. The molecule has 0 spiro atoms. The fourth-order valence-electron chi connectivity index (χ4n) is 5.58. The molecule has 0 bridgehead atoms. The number of carboxylic acids is 2. The van der Waals surface area contributed by atoms with Gasteiger partial charge in [0.2, 0.25) is 0 Å². The van der Waals surface area contributed by atoms with Crippen LogP contribution in [0.2, 0.25) is 0 Å². The third-order valence-electron chi connectivity index (χ3n) is 7.39. The van der Waals surface area contributed by atoms with Crippen molar-refractivity contribution in [3.05, 3.63) is 69.9 Å². The minimum Gasteiger partial charge on any atom is -0.480 e. The van der Waals surface area contributed by atoms with Crippen LogP contribution in [0.4, 0.5) is 10.1 Å². The van der Waals surface area contributed by atoms with E-state index in [0.29, 0.717) is 33.2 Å². The molecule has 1 fully saturated rings. The first kappa shape index (κ1) is 25.5. The molecule has 4 aromatic rings. The van der Waals surface area contributed by atoms with Crippen LogP contribution in [-0.4, -0.2) is 56.2 Å². The van der Waals surface area contributed by atoms with Gasteiger partial charge in [-0.2, -0.15) is 0 Å². The monoisotopic (exact) mass is 520 g/mol. The summed E-state index contributed by atoms with van der Waals surface area (Å²) >= 11 is 0. The molecule has 0 aliphatic heterocycles. The molecule has 0 unspecified atom stereocenters. The molecule has 1 aliphatic carbocycles. The number of halogens is 1. The second kappa shape index (κ2) is 10.3. The van der Waals surface area contributed by atoms with E-state index in [9.17, 15) is 29.0 Å². The maximum absolute atomic E-state index is 14.2. The molecule has 10 heteroatoms. The molecule has 9 nitrogen and oxygen atoms in total. The SMILES string of the molecule is CNc1cc(F)cc2c1[nH]c1c(=O)n(-c3ccc(C(=O)O)cc3CN(CC(=O)O)C3CCCCC3)ccc12. The van der Waals surface area contributed by atoms with Crippen molar-refractivity contribution in [3.8, 4) is 5.69 Å². The van der Waals surface area contributed by atoms with E-state index in [0.717, 1.165) is 32.1 Å². The Balaban J connectivity index is 1.65. The van der Waals surface area contributed by atoms with Crippen LogP contribution in [0.25, 0.3) is 27.5 Å². The molecular formula is C28H29FN4O5. The van der Waals surface area contributed by atoms with Gasteiger partial charge in [-0.1, -0.05) is 19.3 Å². The summed E-state index contributed by atoms with van der Waals surface area (Å²) in [6.07, 6.45) is 6.45. The van der Waals surface area contributed by atoms with Gasteiger partial charge >= 0.3 is 11.9 Å². The van der Waals surface area contributed by atoms with E-state index in [1.165, 1.54) is 28.8 Å². The lowest BCUT2D eigenvalue weighted by atomic mass is 9.93. The number of hydrogen-bond acceptors (Lipinski definition) is 5. The number of benzene rings is 2. The van der Waals surface area contributed by atoms with Crippen LogP contribution in [0.5, 0.6) is 0 Å². The summed E-state index contributed by atoms with van der Waals surface area (Å²) in [4.78, 5) is 42.2. The summed E-state index contributed by atoms with van der Waals surface area (Å²) in [5, 5.41) is 23.3. The lowest BCUT2D eigenvalue weighted by Crippen LogP contribution is -2.40. The predicted octanol–water partition coefficient (Wildman–Crippen LogP) is 4.57. The Labute approximate surface area is 217 Å². The van der Waals surface area contributed by atoms with E-state index in [1.54, 1.807) is 25.4 Å². The Morgan fingerprint density at radius 3 is 2.53 bits per heavy atom. The quantitative estimate of drug-likeness (QED) is 0.268. The minimum atomic E-state index is -1.11. The predicted molar refractivity (Wildman–Crippen MR) is 143 cm³/mol. The smallest absolute Gasteiger partial charge is 0.335 e. The first-order chi connectivity index (χ1) is 18.3. The number of fused-ring (bicyclic) bond motifs is 3. The van der Waals surface area contributed by atoms with Gasteiger partial charge in [0, 0.05) is 36.6 Å². The van der Waals surface area contributed by atoms with Crippen LogP contribution in [-0.2, 0) is 11.3 Å². The fourth-order valence-corrected chi connectivity index (χ4v) is 5.58. The van der Waals surface area contributed by atoms with Crippen LogP contribution >= 0.6 is 0 Å². The number of hydrogen-bond donors (Lipinski definition) is 4. The first-order valence-corrected chi connectivity index (χ1v) is 12.6. The lowest BCUT2D eigenvalue weighted by molar-refractivity contribution is -0.139. The molecule has 1 saturated carbocycles. The van der Waals surface area contributed by atoms with Gasteiger partial charge in [-0.25, -0.2) is 9.18 Å². The van der Waals surface area contributed by atoms with Gasteiger partial charge in [-0.15, -0.1) is 0 Å². The van der Waals surface area contributed by atoms with E-state index >= 15 is 0 Å². The third kappa shape index (κ3) is 4.74. The van der Waals surface area contributed by atoms with Gasteiger partial charge in [0.05, 0.1) is 29.0 Å². The largest absolute Gasteiger partial charge is 0.480 e. The van der Waals surface area contributed by atoms with Crippen LogP contribution in [0, 0.1) is 5.82 Å². The number of nitrogens with one attached hydrogen (secondary N) is 2. The Hall–Kier alpha value is -4.18. The maximum atomic E-state index is 14.2. The van der Waals surface area contributed by atoms with Crippen molar-refractivity contribution in [3.63, 3.8) is 0 Å². The van der Waals surface area contributed by atoms with Crippen molar-refractivity contribution in [2.75, 3.05) is 18.9 Å². The summed E-state index contributed by atoms with van der Waals surface area (Å²) < 4.78 is 15.6. The number of aromatic carboxylic acids is 1. The summed E-state index contributed by atoms with van der Waals surface area (Å²) in [7, 11) is 1.67. The van der Waals surface area contributed by atoms with Gasteiger partial charge in [0.1, 0.15) is 11.3 Å². The molecule has 1 aliphatic rings. The van der Waals surface area contributed by atoms with Crippen molar-refractivity contribution < 1.29 is 24.2 Å². The summed E-state index contributed by atoms with van der Waals surface area (Å²) in [6.45, 7) is -0.00453. The van der Waals surface area contributed by atoms with E-state index < -0.39 is 17.8 Å². The van der Waals surface area contributed by atoms with Gasteiger partial charge in [-0.3, -0.25) is 19.1 Å². The zero-order chi connectivity index (χ0) is 27.0. The number of rotatable bonds is 8. The van der Waals surface area contributed by atoms with Crippen molar-refractivity contribution in [1.82, 2.24) is 14.5 Å². The van der Waals surface area contributed by atoms with Crippen molar-refractivity contribution >= 4 is 39.4 Å². The molecule has 2 heterocycles. The topological polar surface area (TPSA) is 128 Å². The standard InChI is InChI=1S/C28H29FN4O5/c1-30-22-13-18(29)12-21-20-9-10-33(27(36)26(20)31-25(21)22)23-8-7-16(28(37)38)11-17(23)14-32(15-24(34)35)19-5-3-2-4-6-19/h7-13,19,30-31H,2-6,14-15H2,1H3,(H,34,35)(H,37,38). The third-order valence-corrected chi connectivity index (χ3v) is 7.39. The lowest BCUT2D eigenvalue weighted by Gasteiger charge is -2.33. The average Bonchev–Trinajstić information content (AvgIpc) is 3.28. The molecular weight excluding hydrogens is 491 g/mol. The van der Waals surface area contributed by atoms with E-state index in [1.807, 2.05) is 4.90 Å². The Morgan fingerprint density at radius 2 is 1.84 bits per heavy atom. The molecule has 0 radical (unpaired) electrons. The molecule has 198 valence electrons. The first-order valence-electron chi connectivity index (χ1n) is 12.6. The normalized spacial score (nSPS) is 14.4. The van der Waals surface area contributed by atoms with Crippen molar-refractivity contribution in [2.24, 2.45) is 0 Å². The number of aliphatic carboxylic acids is 1. The fraction of sp³-hybridized carbons (Fsp3) is 0.321. The minimum absolute atomic E-state index is 0.0524. The van der Waals surface area contributed by atoms with Gasteiger partial charge in [-0.05, 0) is 54.8 Å². The highest BCUT2D eigenvalue weighted by Gasteiger charge is 2.25. The van der Waals surface area contributed by atoms with Crippen molar-refractivity contribution in [1.29, 1.82) is 0 Å². The van der Waals surface area contributed by atoms with Crippen LogP contribution in [0.3, 0.4) is 0 Å². The Morgan fingerprint density at radius 1 is 1.08 bits per heavy atom. The summed E-state index contributed by atoms with van der Waals surface area (Å²) in [5.41, 5.74) is 2.08. The van der Waals surface area contributed by atoms with E-state index in [-0.39, 0.29) is 35.8 Å². The number of aromatic nitrogens is 2. The van der Waals surface area contributed by atoms with E-state index in [2.05, 4.69) is 10.3 Å². The number of carboxylic acid groups (broad SMARTS) is 2. The number of carbonyl (C=O) groups is 2. The summed E-state index contributed by atoms with van der Waals surface area (Å²) in [6, 6.07) is 9.02. The molecule has 5 rings (SSSR count). The number of anilines is 1. The second-order valence-corrected chi connectivity index (χ2v) is 9.77. The average molecular weight is 521 g/mol. The van der Waals surface area contributed by atoms with E-state index in [4.69, 9.17) is 0 Å². The molecule has 0 saturated heterocycles. The van der Waals surface area contributed by atoms with Gasteiger partial charge in [0.25, 0.3) is 5.56 Å². The second-order valence-electron chi connectivity index (χ2n) is 9.77. The van der Waals surface area contributed by atoms with Crippen LogP contribution < -0.4 is 10.9 Å². The number of nitrogens with zero attached hydrogens (tertiary/aromatic N) is 2. The Kier molecular flexibility index (Phi) is 6.90. The molecule has 38 heavy (non-hydrogen) atoms. The van der Waals surface area contributed by atoms with Gasteiger partial charge < -0.3 is 20.5 Å². The van der Waals surface area contributed by atoms with Crippen LogP contribution in [0.15, 0.2) is 47.4 Å². The number of H-pyrrole nitrogens is 1. The Bertz CT molecular complexity index is 1600. The zero-order valence-corrected chi connectivity index (χ0v) is 21.0. The molecule has 2 aromatic heterocycles. The molecule has 0 amide bonds. The van der Waals surface area contributed by atoms with Crippen LogP contribution in [0.1, 0.15) is 48.0 Å².